The molecule has 0 saturated carbocycles. The molecule has 3 aromatic rings. The third-order valence-electron chi connectivity index (χ3n) is 4.08. The number of nitrogens with zero attached hydrogens (tertiary/aromatic N) is 2. The van der Waals surface area contributed by atoms with E-state index >= 15 is 0 Å². The monoisotopic (exact) mass is 392 g/mol. The van der Waals surface area contributed by atoms with E-state index in [2.05, 4.69) is 15.6 Å². The fourth-order valence-electron chi connectivity index (χ4n) is 2.56. The van der Waals surface area contributed by atoms with Gasteiger partial charge in [0.25, 0.3) is 5.69 Å². The molecule has 0 fully saturated rings. The number of urea groups is 1. The van der Waals surface area contributed by atoms with Crippen molar-refractivity contribution in [3.05, 3.63) is 99.9 Å². The van der Waals surface area contributed by atoms with Gasteiger partial charge in [0.05, 0.1) is 4.92 Å². The Morgan fingerprint density at radius 1 is 0.966 bits per heavy atom. The topological polar surface area (TPSA) is 106 Å². The highest BCUT2D eigenvalue weighted by atomic mass is 16.6. The molecular weight excluding hydrogens is 372 g/mol. The number of ether oxygens (including phenoxy) is 1. The summed E-state index contributed by atoms with van der Waals surface area (Å²) in [5.41, 5.74) is 2.56. The second kappa shape index (κ2) is 9.84. The van der Waals surface area contributed by atoms with Crippen LogP contribution in [0.4, 0.5) is 10.5 Å². The van der Waals surface area contributed by atoms with Crippen molar-refractivity contribution >= 4 is 11.7 Å². The lowest BCUT2D eigenvalue weighted by molar-refractivity contribution is -0.384. The highest BCUT2D eigenvalue weighted by Crippen LogP contribution is 2.14. The Kier molecular flexibility index (Phi) is 6.72. The van der Waals surface area contributed by atoms with Crippen LogP contribution in [-0.4, -0.2) is 15.9 Å². The first-order valence-corrected chi connectivity index (χ1v) is 8.96. The molecule has 1 aromatic heterocycles. The summed E-state index contributed by atoms with van der Waals surface area (Å²) in [5.74, 6) is 0.729. The number of carbonyl (C=O) groups is 1. The number of nitro groups is 1. The van der Waals surface area contributed by atoms with Crippen molar-refractivity contribution in [1.82, 2.24) is 15.6 Å². The number of hydrogen-bond acceptors (Lipinski definition) is 5. The van der Waals surface area contributed by atoms with E-state index in [1.807, 2.05) is 36.4 Å². The van der Waals surface area contributed by atoms with Crippen LogP contribution in [0.3, 0.4) is 0 Å². The summed E-state index contributed by atoms with van der Waals surface area (Å²) in [7, 11) is 0. The van der Waals surface area contributed by atoms with Crippen LogP contribution < -0.4 is 15.4 Å². The summed E-state index contributed by atoms with van der Waals surface area (Å²) in [6.45, 7) is 0.990. The number of carbonyl (C=O) groups excluding carboxylic acids is 1. The lowest BCUT2D eigenvalue weighted by Gasteiger charge is -2.09. The zero-order valence-electron chi connectivity index (χ0n) is 15.6. The molecule has 3 rings (SSSR count). The SMILES string of the molecule is O=C(NCc1ccc(OCc2cccnc2)cc1)NCc1cccc([N+](=O)[O-])c1. The molecule has 0 spiro atoms. The molecule has 0 bridgehead atoms. The van der Waals surface area contributed by atoms with Gasteiger partial charge in [0.2, 0.25) is 0 Å². The maximum Gasteiger partial charge on any atom is 0.315 e. The van der Waals surface area contributed by atoms with E-state index in [1.54, 1.807) is 24.5 Å². The number of pyridine rings is 1. The maximum atomic E-state index is 11.9. The van der Waals surface area contributed by atoms with Crippen LogP contribution in [0.5, 0.6) is 5.75 Å². The van der Waals surface area contributed by atoms with Crippen LogP contribution in [-0.2, 0) is 19.7 Å². The largest absolute Gasteiger partial charge is 0.489 e. The molecule has 1 heterocycles. The standard InChI is InChI=1S/C21H20N4O4/c26-21(24-14-17-3-1-5-19(11-17)25(27)28)23-13-16-6-8-20(9-7-16)29-15-18-4-2-10-22-12-18/h1-12H,13-15H2,(H2,23,24,26). The Labute approximate surface area is 167 Å². The van der Waals surface area contributed by atoms with Gasteiger partial charge in [0, 0.05) is 43.2 Å². The van der Waals surface area contributed by atoms with Gasteiger partial charge in [-0.1, -0.05) is 30.3 Å². The number of rotatable bonds is 8. The van der Waals surface area contributed by atoms with E-state index in [0.29, 0.717) is 18.7 Å². The van der Waals surface area contributed by atoms with Crippen molar-refractivity contribution < 1.29 is 14.5 Å². The van der Waals surface area contributed by atoms with Crippen molar-refractivity contribution in [3.8, 4) is 5.75 Å². The molecule has 0 atom stereocenters. The number of nitrogens with one attached hydrogen (secondary N) is 2. The first-order valence-electron chi connectivity index (χ1n) is 8.96. The Hall–Kier alpha value is -3.94. The predicted molar refractivity (Wildman–Crippen MR) is 107 cm³/mol. The van der Waals surface area contributed by atoms with Crippen molar-refractivity contribution in [1.29, 1.82) is 0 Å². The minimum absolute atomic E-state index is 0.00413. The number of non-ortho nitro benzene ring substituents is 1. The molecule has 0 aliphatic heterocycles. The molecule has 2 N–H and O–H groups in total. The second-order valence-electron chi connectivity index (χ2n) is 6.26. The summed E-state index contributed by atoms with van der Waals surface area (Å²) in [5, 5.41) is 16.2. The molecule has 0 saturated heterocycles. The van der Waals surface area contributed by atoms with Gasteiger partial charge in [-0.05, 0) is 29.3 Å². The van der Waals surface area contributed by atoms with Crippen molar-refractivity contribution in [2.45, 2.75) is 19.7 Å². The predicted octanol–water partition coefficient (Wildman–Crippen LogP) is 3.57. The minimum Gasteiger partial charge on any atom is -0.489 e. The average Bonchev–Trinajstić information content (AvgIpc) is 2.76. The summed E-state index contributed by atoms with van der Waals surface area (Å²) in [6, 6.07) is 17.0. The van der Waals surface area contributed by atoms with Crippen LogP contribution in [0.15, 0.2) is 73.1 Å². The van der Waals surface area contributed by atoms with Crippen LogP contribution >= 0.6 is 0 Å². The van der Waals surface area contributed by atoms with Crippen molar-refractivity contribution in [2.24, 2.45) is 0 Å². The Morgan fingerprint density at radius 2 is 1.69 bits per heavy atom. The van der Waals surface area contributed by atoms with Crippen molar-refractivity contribution in [3.63, 3.8) is 0 Å². The summed E-state index contributed by atoms with van der Waals surface area (Å²) < 4.78 is 5.70. The maximum absolute atomic E-state index is 11.9. The third-order valence-corrected chi connectivity index (χ3v) is 4.08. The number of aromatic nitrogens is 1. The minimum atomic E-state index is -0.465. The molecule has 8 heteroatoms. The zero-order valence-corrected chi connectivity index (χ0v) is 15.6. The van der Waals surface area contributed by atoms with E-state index in [4.69, 9.17) is 4.74 Å². The van der Waals surface area contributed by atoms with Gasteiger partial charge >= 0.3 is 6.03 Å². The molecule has 0 aliphatic carbocycles. The van der Waals surface area contributed by atoms with E-state index in [0.717, 1.165) is 16.9 Å². The van der Waals surface area contributed by atoms with Crippen LogP contribution in [0.1, 0.15) is 16.7 Å². The van der Waals surface area contributed by atoms with Gasteiger partial charge < -0.3 is 15.4 Å². The molecule has 8 nitrogen and oxygen atoms in total. The second-order valence-corrected chi connectivity index (χ2v) is 6.26. The van der Waals surface area contributed by atoms with Crippen LogP contribution in [0.25, 0.3) is 0 Å². The zero-order chi connectivity index (χ0) is 20.5. The lowest BCUT2D eigenvalue weighted by Crippen LogP contribution is -2.34. The normalized spacial score (nSPS) is 10.2. The molecule has 2 aromatic carbocycles. The van der Waals surface area contributed by atoms with Gasteiger partial charge in [0.15, 0.2) is 0 Å². The quantitative estimate of drug-likeness (QED) is 0.450. The molecule has 2 amide bonds. The van der Waals surface area contributed by atoms with Crippen LogP contribution in [0.2, 0.25) is 0 Å². The molecule has 0 unspecified atom stereocenters. The summed E-state index contributed by atoms with van der Waals surface area (Å²) in [6.07, 6.45) is 3.47. The van der Waals surface area contributed by atoms with E-state index in [-0.39, 0.29) is 18.3 Å². The fourth-order valence-corrected chi connectivity index (χ4v) is 2.56. The van der Waals surface area contributed by atoms with Crippen LogP contribution in [0, 0.1) is 10.1 Å². The first-order chi connectivity index (χ1) is 14.1. The molecular formula is C21H20N4O4. The third kappa shape index (κ3) is 6.31. The Morgan fingerprint density at radius 3 is 2.38 bits per heavy atom. The highest BCUT2D eigenvalue weighted by Gasteiger charge is 2.07. The van der Waals surface area contributed by atoms with Gasteiger partial charge in [-0.2, -0.15) is 0 Å². The molecule has 29 heavy (non-hydrogen) atoms. The van der Waals surface area contributed by atoms with Gasteiger partial charge in [0.1, 0.15) is 12.4 Å². The highest BCUT2D eigenvalue weighted by molar-refractivity contribution is 5.73. The average molecular weight is 392 g/mol. The molecule has 0 aliphatic rings. The number of benzene rings is 2. The van der Waals surface area contributed by atoms with Gasteiger partial charge in [-0.25, -0.2) is 4.79 Å². The van der Waals surface area contributed by atoms with E-state index in [9.17, 15) is 14.9 Å². The smallest absolute Gasteiger partial charge is 0.315 e. The van der Waals surface area contributed by atoms with E-state index < -0.39 is 4.92 Å². The Balaban J connectivity index is 1.42. The van der Waals surface area contributed by atoms with Gasteiger partial charge in [-0.3, -0.25) is 15.1 Å². The Bertz CT molecular complexity index is 962. The number of nitro benzene ring substituents is 1. The summed E-state index contributed by atoms with van der Waals surface area (Å²) >= 11 is 0. The summed E-state index contributed by atoms with van der Waals surface area (Å²) in [4.78, 5) is 26.3. The van der Waals surface area contributed by atoms with Crippen molar-refractivity contribution in [2.75, 3.05) is 0 Å². The first kappa shape index (κ1) is 19.8. The lowest BCUT2D eigenvalue weighted by atomic mass is 10.2. The molecule has 148 valence electrons. The van der Waals surface area contributed by atoms with Gasteiger partial charge in [-0.15, -0.1) is 0 Å². The number of amides is 2. The number of hydrogen-bond donors (Lipinski definition) is 2. The molecule has 0 radical (unpaired) electrons. The van der Waals surface area contributed by atoms with E-state index in [1.165, 1.54) is 12.1 Å². The fraction of sp³-hybridized carbons (Fsp3) is 0.143.